The highest BCUT2D eigenvalue weighted by Gasteiger charge is 2.38. The molecule has 0 saturated carbocycles. The first-order valence-corrected chi connectivity index (χ1v) is 8.87. The lowest BCUT2D eigenvalue weighted by Crippen LogP contribution is -2.43. The van der Waals surface area contributed by atoms with Gasteiger partial charge in [-0.25, -0.2) is 4.79 Å². The van der Waals surface area contributed by atoms with E-state index in [0.717, 1.165) is 12.1 Å². The van der Waals surface area contributed by atoms with E-state index in [2.05, 4.69) is 0 Å². The van der Waals surface area contributed by atoms with Gasteiger partial charge in [-0.1, -0.05) is 12.1 Å². The maximum absolute atomic E-state index is 13.1. The number of hydrogen-bond donors (Lipinski definition) is 0. The predicted molar refractivity (Wildman–Crippen MR) is 92.3 cm³/mol. The number of likely N-dealkylation sites (tertiary alicyclic amines) is 1. The zero-order valence-electron chi connectivity index (χ0n) is 15.6. The lowest BCUT2D eigenvalue weighted by Gasteiger charge is -2.38. The van der Waals surface area contributed by atoms with Gasteiger partial charge in [0.2, 0.25) is 0 Å². The summed E-state index contributed by atoms with van der Waals surface area (Å²) in [5, 5.41) is 0. The van der Waals surface area contributed by atoms with Gasteiger partial charge in [0.25, 0.3) is 0 Å². The Bertz CT molecular complexity index is 735. The molecular formula is C19H22F3NO5. The average molecular weight is 401 g/mol. The quantitative estimate of drug-likeness (QED) is 0.555. The van der Waals surface area contributed by atoms with Crippen molar-refractivity contribution >= 4 is 17.8 Å². The van der Waals surface area contributed by atoms with Crippen LogP contribution < -0.4 is 0 Å². The number of halogens is 3. The third kappa shape index (κ3) is 5.24. The SMILES string of the molecule is CCOC(=O)CC(=O)[C@@H]1CCN(C(=O)OC)[C@H](c2cccc(C(F)(F)F)c2)C1. The number of Topliss-reactive ketones (excluding diaryl/α,β-unsaturated/α-hetero) is 1. The number of ether oxygens (including phenoxy) is 2. The Balaban J connectivity index is 2.27. The third-order valence-corrected chi connectivity index (χ3v) is 4.69. The molecule has 2 rings (SSSR count). The Kier molecular flexibility index (Phi) is 7.04. The van der Waals surface area contributed by atoms with E-state index in [0.29, 0.717) is 6.42 Å². The summed E-state index contributed by atoms with van der Waals surface area (Å²) in [4.78, 5) is 37.4. The van der Waals surface area contributed by atoms with Crippen molar-refractivity contribution in [3.63, 3.8) is 0 Å². The summed E-state index contributed by atoms with van der Waals surface area (Å²) < 4.78 is 48.7. The van der Waals surface area contributed by atoms with E-state index in [1.54, 1.807) is 6.92 Å². The zero-order valence-corrected chi connectivity index (χ0v) is 15.6. The molecule has 0 bridgehead atoms. The number of methoxy groups -OCH3 is 1. The number of piperidine rings is 1. The molecule has 9 heteroatoms. The van der Waals surface area contributed by atoms with Crippen molar-refractivity contribution < 1.29 is 37.0 Å². The van der Waals surface area contributed by atoms with Crippen molar-refractivity contribution in [3.8, 4) is 0 Å². The fourth-order valence-corrected chi connectivity index (χ4v) is 3.33. The van der Waals surface area contributed by atoms with E-state index in [-0.39, 0.29) is 30.9 Å². The van der Waals surface area contributed by atoms with Crippen LogP contribution in [0.2, 0.25) is 0 Å². The van der Waals surface area contributed by atoms with E-state index >= 15 is 0 Å². The standard InChI is InChI=1S/C19H22F3NO5/c1-3-28-17(25)11-16(24)13-7-8-23(18(26)27-2)15(10-13)12-5-4-6-14(9-12)19(20,21)22/h4-6,9,13,15H,3,7-8,10-11H2,1-2H3/t13-,15+/m1/s1. The largest absolute Gasteiger partial charge is 0.466 e. The Hall–Kier alpha value is -2.58. The molecule has 1 aliphatic heterocycles. The predicted octanol–water partition coefficient (Wildman–Crippen LogP) is 3.75. The minimum Gasteiger partial charge on any atom is -0.466 e. The van der Waals surface area contributed by atoms with Crippen LogP contribution in [0.1, 0.15) is 43.4 Å². The highest BCUT2D eigenvalue weighted by molar-refractivity contribution is 5.97. The molecule has 0 radical (unpaired) electrons. The van der Waals surface area contributed by atoms with Crippen LogP contribution in [0.5, 0.6) is 0 Å². The Morgan fingerprint density at radius 1 is 1.25 bits per heavy atom. The number of carbonyl (C=O) groups excluding carboxylic acids is 3. The topological polar surface area (TPSA) is 72.9 Å². The van der Waals surface area contributed by atoms with Crippen molar-refractivity contribution in [3.05, 3.63) is 35.4 Å². The molecule has 1 saturated heterocycles. The van der Waals surface area contributed by atoms with Gasteiger partial charge < -0.3 is 14.4 Å². The summed E-state index contributed by atoms with van der Waals surface area (Å²) in [5.41, 5.74) is -0.580. The van der Waals surface area contributed by atoms with Gasteiger partial charge in [0.1, 0.15) is 12.2 Å². The molecule has 28 heavy (non-hydrogen) atoms. The van der Waals surface area contributed by atoms with E-state index < -0.39 is 42.2 Å². The number of carbonyl (C=O) groups is 3. The molecule has 1 aromatic carbocycles. The molecule has 0 unspecified atom stereocenters. The van der Waals surface area contributed by atoms with Crippen LogP contribution in [0.15, 0.2) is 24.3 Å². The first kappa shape index (κ1) is 21.7. The molecule has 154 valence electrons. The van der Waals surface area contributed by atoms with Crippen LogP contribution in [-0.4, -0.2) is 43.0 Å². The second-order valence-electron chi connectivity index (χ2n) is 6.47. The number of alkyl halides is 3. The molecule has 1 fully saturated rings. The Morgan fingerprint density at radius 3 is 2.57 bits per heavy atom. The number of rotatable bonds is 5. The van der Waals surface area contributed by atoms with Gasteiger partial charge in [-0.3, -0.25) is 9.59 Å². The number of benzene rings is 1. The van der Waals surface area contributed by atoms with Crippen LogP contribution in [0.3, 0.4) is 0 Å². The molecule has 0 aromatic heterocycles. The minimum absolute atomic E-state index is 0.106. The van der Waals surface area contributed by atoms with Crippen molar-refractivity contribution in [2.24, 2.45) is 5.92 Å². The van der Waals surface area contributed by atoms with E-state index in [9.17, 15) is 27.6 Å². The van der Waals surface area contributed by atoms with E-state index in [1.807, 2.05) is 0 Å². The van der Waals surface area contributed by atoms with Crippen LogP contribution in [0.25, 0.3) is 0 Å². The van der Waals surface area contributed by atoms with Gasteiger partial charge in [-0.05, 0) is 37.5 Å². The first-order chi connectivity index (χ1) is 13.2. The molecule has 0 N–H and O–H groups in total. The van der Waals surface area contributed by atoms with Gasteiger partial charge >= 0.3 is 18.2 Å². The highest BCUT2D eigenvalue weighted by Crippen LogP contribution is 2.38. The molecular weight excluding hydrogens is 379 g/mol. The Morgan fingerprint density at radius 2 is 1.96 bits per heavy atom. The van der Waals surface area contributed by atoms with Crippen molar-refractivity contribution in [2.45, 2.75) is 38.4 Å². The molecule has 0 spiro atoms. The van der Waals surface area contributed by atoms with Gasteiger partial charge in [-0.2, -0.15) is 13.2 Å². The second kappa shape index (κ2) is 9.07. The molecule has 6 nitrogen and oxygen atoms in total. The second-order valence-corrected chi connectivity index (χ2v) is 6.47. The molecule has 1 aromatic rings. The fraction of sp³-hybridized carbons (Fsp3) is 0.526. The lowest BCUT2D eigenvalue weighted by molar-refractivity contribution is -0.147. The molecule has 1 heterocycles. The number of nitrogens with zero attached hydrogens (tertiary/aromatic N) is 1. The monoisotopic (exact) mass is 401 g/mol. The lowest BCUT2D eigenvalue weighted by atomic mass is 9.83. The summed E-state index contributed by atoms with van der Waals surface area (Å²) in [7, 11) is 1.18. The summed E-state index contributed by atoms with van der Waals surface area (Å²) in [5.74, 6) is -1.55. The molecule has 1 amide bonds. The smallest absolute Gasteiger partial charge is 0.416 e. The van der Waals surface area contributed by atoms with Gasteiger partial charge in [0, 0.05) is 12.5 Å². The van der Waals surface area contributed by atoms with Crippen molar-refractivity contribution in [1.82, 2.24) is 4.90 Å². The van der Waals surface area contributed by atoms with Crippen LogP contribution in [0, 0.1) is 5.92 Å². The summed E-state index contributed by atoms with van der Waals surface area (Å²) in [6, 6.07) is 3.89. The normalized spacial score (nSPS) is 19.8. The van der Waals surface area contributed by atoms with Crippen molar-refractivity contribution in [1.29, 1.82) is 0 Å². The first-order valence-electron chi connectivity index (χ1n) is 8.87. The summed E-state index contributed by atoms with van der Waals surface area (Å²) in [6.07, 6.45) is -5.21. The fourth-order valence-electron chi connectivity index (χ4n) is 3.33. The highest BCUT2D eigenvalue weighted by atomic mass is 19.4. The van der Waals surface area contributed by atoms with Gasteiger partial charge in [0.05, 0.1) is 25.3 Å². The number of esters is 1. The number of ketones is 1. The van der Waals surface area contributed by atoms with Crippen LogP contribution in [-0.2, 0) is 25.2 Å². The summed E-state index contributed by atoms with van der Waals surface area (Å²) in [6.45, 7) is 1.91. The average Bonchev–Trinajstić information content (AvgIpc) is 2.66. The number of amides is 1. The molecule has 1 aliphatic rings. The minimum atomic E-state index is -4.53. The van der Waals surface area contributed by atoms with E-state index in [4.69, 9.17) is 9.47 Å². The summed E-state index contributed by atoms with van der Waals surface area (Å²) >= 11 is 0. The Labute approximate surface area is 160 Å². The third-order valence-electron chi connectivity index (χ3n) is 4.69. The number of hydrogen-bond acceptors (Lipinski definition) is 5. The van der Waals surface area contributed by atoms with Crippen LogP contribution in [0.4, 0.5) is 18.0 Å². The maximum Gasteiger partial charge on any atom is 0.416 e. The van der Waals surface area contributed by atoms with E-state index in [1.165, 1.54) is 24.1 Å². The zero-order chi connectivity index (χ0) is 20.9. The van der Waals surface area contributed by atoms with Crippen molar-refractivity contribution in [2.75, 3.05) is 20.3 Å². The van der Waals surface area contributed by atoms with Gasteiger partial charge in [0.15, 0.2) is 0 Å². The van der Waals surface area contributed by atoms with Gasteiger partial charge in [-0.15, -0.1) is 0 Å². The van der Waals surface area contributed by atoms with Crippen LogP contribution >= 0.6 is 0 Å². The molecule has 2 atom stereocenters. The molecule has 0 aliphatic carbocycles. The maximum atomic E-state index is 13.1.